The molecular formula is C23H15ClF2N4O2. The lowest BCUT2D eigenvalue weighted by Gasteiger charge is -2.12. The molecule has 0 bridgehead atoms. The molecule has 0 spiro atoms. The molecule has 4 rings (SSSR count). The fraction of sp³-hybridized carbons (Fsp3) is 0.0435. The average molecular weight is 453 g/mol. The molecule has 1 heterocycles. The second-order valence-corrected chi connectivity index (χ2v) is 7.35. The van der Waals surface area contributed by atoms with Gasteiger partial charge >= 0.3 is 6.03 Å². The minimum atomic E-state index is -1.19. The van der Waals surface area contributed by atoms with Crippen LogP contribution < -0.4 is 10.6 Å². The number of carbonyl (C=O) groups is 2. The summed E-state index contributed by atoms with van der Waals surface area (Å²) < 4.78 is 29.5. The van der Waals surface area contributed by atoms with Gasteiger partial charge in [-0.05, 0) is 55.5 Å². The second kappa shape index (κ2) is 8.68. The van der Waals surface area contributed by atoms with Gasteiger partial charge in [0.15, 0.2) is 11.6 Å². The van der Waals surface area contributed by atoms with Gasteiger partial charge in [0.2, 0.25) is 0 Å². The zero-order valence-electron chi connectivity index (χ0n) is 16.6. The number of halogens is 3. The van der Waals surface area contributed by atoms with E-state index in [0.29, 0.717) is 27.4 Å². The third-order valence-electron chi connectivity index (χ3n) is 4.57. The molecule has 160 valence electrons. The quantitative estimate of drug-likeness (QED) is 0.386. The Morgan fingerprint density at radius 2 is 1.78 bits per heavy atom. The minimum absolute atomic E-state index is 0.0377. The van der Waals surface area contributed by atoms with Crippen molar-refractivity contribution in [1.29, 1.82) is 0 Å². The Morgan fingerprint density at radius 3 is 2.56 bits per heavy atom. The van der Waals surface area contributed by atoms with Crippen LogP contribution in [0.2, 0.25) is 5.02 Å². The molecule has 6 nitrogen and oxygen atoms in total. The summed E-state index contributed by atoms with van der Waals surface area (Å²) in [4.78, 5) is 33.6. The summed E-state index contributed by atoms with van der Waals surface area (Å²) in [5.74, 6) is -3.13. The number of benzene rings is 3. The normalized spacial score (nSPS) is 10.8. The lowest BCUT2D eigenvalue weighted by Crippen LogP contribution is -2.21. The molecule has 0 unspecified atom stereocenters. The predicted octanol–water partition coefficient (Wildman–Crippen LogP) is 5.74. The molecule has 4 aromatic rings. The van der Waals surface area contributed by atoms with Crippen molar-refractivity contribution >= 4 is 45.8 Å². The highest BCUT2D eigenvalue weighted by Gasteiger charge is 2.23. The van der Waals surface area contributed by atoms with Crippen molar-refractivity contribution in [3.8, 4) is 0 Å². The van der Waals surface area contributed by atoms with Crippen LogP contribution in [0.15, 0.2) is 60.8 Å². The molecular weight excluding hydrogens is 438 g/mol. The van der Waals surface area contributed by atoms with Gasteiger partial charge < -0.3 is 10.6 Å². The van der Waals surface area contributed by atoms with Crippen LogP contribution >= 0.6 is 11.6 Å². The summed E-state index contributed by atoms with van der Waals surface area (Å²) >= 11 is 5.87. The second-order valence-electron chi connectivity index (χ2n) is 6.92. The molecule has 3 aromatic carbocycles. The summed E-state index contributed by atoms with van der Waals surface area (Å²) in [7, 11) is 0. The van der Waals surface area contributed by atoms with Gasteiger partial charge in [0.1, 0.15) is 5.82 Å². The molecule has 0 aliphatic carbocycles. The summed E-state index contributed by atoms with van der Waals surface area (Å²) in [6.07, 6.45) is 1.58. The molecule has 0 aliphatic heterocycles. The molecule has 2 N–H and O–H groups in total. The van der Waals surface area contributed by atoms with E-state index in [-0.39, 0.29) is 11.3 Å². The van der Waals surface area contributed by atoms with Gasteiger partial charge in [0, 0.05) is 22.5 Å². The Bertz CT molecular complexity index is 1380. The van der Waals surface area contributed by atoms with Crippen molar-refractivity contribution in [2.24, 2.45) is 0 Å². The van der Waals surface area contributed by atoms with E-state index in [1.165, 1.54) is 18.2 Å². The minimum Gasteiger partial charge on any atom is -0.308 e. The number of aryl methyl sites for hydroxylation is 1. The van der Waals surface area contributed by atoms with Crippen LogP contribution in [0.25, 0.3) is 11.0 Å². The number of nitrogens with zero attached hydrogens (tertiary/aromatic N) is 2. The van der Waals surface area contributed by atoms with E-state index in [2.05, 4.69) is 20.6 Å². The number of carbonyl (C=O) groups excluding carboxylic acids is 2. The Hall–Kier alpha value is -3.91. The van der Waals surface area contributed by atoms with Gasteiger partial charge in [-0.2, -0.15) is 0 Å². The van der Waals surface area contributed by atoms with E-state index < -0.39 is 29.0 Å². The van der Waals surface area contributed by atoms with Crippen LogP contribution in [0, 0.1) is 18.6 Å². The summed E-state index contributed by atoms with van der Waals surface area (Å²) in [6.45, 7) is 1.74. The third kappa shape index (κ3) is 4.40. The first-order valence-electron chi connectivity index (χ1n) is 9.41. The van der Waals surface area contributed by atoms with Crippen molar-refractivity contribution in [2.75, 3.05) is 10.6 Å². The van der Waals surface area contributed by atoms with Crippen LogP contribution in [0.5, 0.6) is 0 Å². The molecule has 1 aromatic heterocycles. The highest BCUT2D eigenvalue weighted by Crippen LogP contribution is 2.25. The van der Waals surface area contributed by atoms with Crippen molar-refractivity contribution in [1.82, 2.24) is 9.97 Å². The number of fused-ring (bicyclic) bond motifs is 1. The number of amides is 2. The number of hydrogen-bond donors (Lipinski definition) is 2. The first-order valence-corrected chi connectivity index (χ1v) is 9.79. The van der Waals surface area contributed by atoms with Gasteiger partial charge in [0.25, 0.3) is 0 Å². The lowest BCUT2D eigenvalue weighted by atomic mass is 10.0. The fourth-order valence-corrected chi connectivity index (χ4v) is 3.29. The van der Waals surface area contributed by atoms with Crippen molar-refractivity contribution < 1.29 is 18.4 Å². The smallest absolute Gasteiger partial charge is 0.308 e. The lowest BCUT2D eigenvalue weighted by molar-refractivity contribution is 0.103. The number of hydrogen-bond acceptors (Lipinski definition) is 4. The van der Waals surface area contributed by atoms with E-state index in [1.54, 1.807) is 37.4 Å². The maximum absolute atomic E-state index is 15.1. The average Bonchev–Trinajstić information content (AvgIpc) is 2.75. The first-order chi connectivity index (χ1) is 15.3. The van der Waals surface area contributed by atoms with Gasteiger partial charge in [-0.15, -0.1) is 0 Å². The van der Waals surface area contributed by atoms with Crippen LogP contribution in [-0.4, -0.2) is 21.8 Å². The molecule has 32 heavy (non-hydrogen) atoms. The van der Waals surface area contributed by atoms with Gasteiger partial charge in [-0.3, -0.25) is 9.78 Å². The Morgan fingerprint density at radius 1 is 0.969 bits per heavy atom. The number of urea groups is 1. The standard InChI is InChI=1S/C23H15ClF2N4O2/c1-12-11-27-17-7-5-13(9-19(17)28-12)22(31)20-16(25)6-8-18(21(20)26)30-23(32)29-15-4-2-3-14(24)10-15/h2-11H,1H3,(H2,29,30,32). The van der Waals surface area contributed by atoms with Crippen LogP contribution in [-0.2, 0) is 0 Å². The van der Waals surface area contributed by atoms with E-state index >= 15 is 4.39 Å². The van der Waals surface area contributed by atoms with Crippen molar-refractivity contribution in [3.05, 3.63) is 94.3 Å². The highest BCUT2D eigenvalue weighted by molar-refractivity contribution is 6.30. The van der Waals surface area contributed by atoms with Gasteiger partial charge in [-0.25, -0.2) is 18.6 Å². The fourth-order valence-electron chi connectivity index (χ4n) is 3.10. The molecule has 9 heteroatoms. The maximum Gasteiger partial charge on any atom is 0.323 e. The molecule has 2 amide bonds. The number of aromatic nitrogens is 2. The SMILES string of the molecule is Cc1cnc2ccc(C(=O)c3c(F)ccc(NC(=O)Nc4cccc(Cl)c4)c3F)cc2n1. The molecule has 0 saturated heterocycles. The van der Waals surface area contributed by atoms with Crippen LogP contribution in [0.3, 0.4) is 0 Å². The summed E-state index contributed by atoms with van der Waals surface area (Å²) in [5, 5.41) is 5.17. The van der Waals surface area contributed by atoms with E-state index in [9.17, 15) is 14.0 Å². The van der Waals surface area contributed by atoms with Crippen molar-refractivity contribution in [2.45, 2.75) is 6.92 Å². The number of anilines is 2. The summed E-state index contributed by atoms with van der Waals surface area (Å²) in [5.41, 5.74) is 0.873. The topological polar surface area (TPSA) is 84.0 Å². The predicted molar refractivity (Wildman–Crippen MR) is 118 cm³/mol. The van der Waals surface area contributed by atoms with E-state index in [0.717, 1.165) is 12.1 Å². The molecule has 0 radical (unpaired) electrons. The molecule has 0 aliphatic rings. The first kappa shape index (κ1) is 21.3. The zero-order chi connectivity index (χ0) is 22.8. The Labute approximate surface area is 186 Å². The number of rotatable bonds is 4. The van der Waals surface area contributed by atoms with E-state index in [1.807, 2.05) is 0 Å². The van der Waals surface area contributed by atoms with E-state index in [4.69, 9.17) is 11.6 Å². The maximum atomic E-state index is 15.1. The monoisotopic (exact) mass is 452 g/mol. The zero-order valence-corrected chi connectivity index (χ0v) is 17.4. The number of nitrogens with one attached hydrogen (secondary N) is 2. The molecule has 0 fully saturated rings. The third-order valence-corrected chi connectivity index (χ3v) is 4.81. The van der Waals surface area contributed by atoms with Crippen LogP contribution in [0.1, 0.15) is 21.6 Å². The Kier molecular flexibility index (Phi) is 5.79. The highest BCUT2D eigenvalue weighted by atomic mass is 35.5. The summed E-state index contributed by atoms with van der Waals surface area (Å²) in [6, 6.07) is 11.9. The van der Waals surface area contributed by atoms with Gasteiger partial charge in [-0.1, -0.05) is 17.7 Å². The van der Waals surface area contributed by atoms with Crippen molar-refractivity contribution in [3.63, 3.8) is 0 Å². The molecule has 0 atom stereocenters. The largest absolute Gasteiger partial charge is 0.323 e. The Balaban J connectivity index is 1.63. The number of ketones is 1. The van der Waals surface area contributed by atoms with Gasteiger partial charge in [0.05, 0.1) is 28.0 Å². The molecule has 0 saturated carbocycles. The van der Waals surface area contributed by atoms with Crippen LogP contribution in [0.4, 0.5) is 25.0 Å².